The van der Waals surface area contributed by atoms with Gasteiger partial charge in [0.05, 0.1) is 0 Å². The Morgan fingerprint density at radius 2 is 0.750 bits per heavy atom. The Kier molecular flexibility index (Phi) is 6.20. The summed E-state index contributed by atoms with van der Waals surface area (Å²) in [6.07, 6.45) is 25.8. The van der Waals surface area contributed by atoms with Gasteiger partial charge in [0.15, 0.2) is 0 Å². The lowest BCUT2D eigenvalue weighted by Crippen LogP contribution is -2.53. The van der Waals surface area contributed by atoms with Crippen LogP contribution >= 0.6 is 0 Å². The second kappa shape index (κ2) is 8.56. The Bertz CT molecular complexity index is 297. The average Bonchev–Trinajstić information content (AvgIpc) is 2.70. The Morgan fingerprint density at radius 3 is 1.17 bits per heavy atom. The largest absolute Gasteiger partial charge is 0.311 e. The molecule has 0 spiro atoms. The van der Waals surface area contributed by atoms with Crippen LogP contribution in [0.5, 0.6) is 0 Å². The van der Waals surface area contributed by atoms with Crippen molar-refractivity contribution in [2.75, 3.05) is 0 Å². The van der Waals surface area contributed by atoms with Crippen molar-refractivity contribution in [1.29, 1.82) is 0 Å². The summed E-state index contributed by atoms with van der Waals surface area (Å²) in [7, 11) is 0. The molecule has 4 fully saturated rings. The number of piperidine rings is 1. The molecule has 1 N–H and O–H groups in total. The summed E-state index contributed by atoms with van der Waals surface area (Å²) < 4.78 is 0. The normalized spacial score (nSPS) is 38.2. The highest BCUT2D eigenvalue weighted by molar-refractivity contribution is 4.95. The van der Waals surface area contributed by atoms with E-state index >= 15 is 0 Å². The molecule has 1 heterocycles. The van der Waals surface area contributed by atoms with Crippen LogP contribution in [0.1, 0.15) is 109 Å². The molecule has 4 rings (SSSR count). The van der Waals surface area contributed by atoms with Crippen LogP contribution in [-0.4, -0.2) is 12.1 Å². The van der Waals surface area contributed by atoms with Crippen LogP contribution < -0.4 is 5.32 Å². The minimum Gasteiger partial charge on any atom is -0.311 e. The van der Waals surface area contributed by atoms with Gasteiger partial charge in [-0.3, -0.25) is 0 Å². The second-order valence-corrected chi connectivity index (χ2v) is 9.81. The molecule has 0 radical (unpaired) electrons. The number of hydrogen-bond acceptors (Lipinski definition) is 1. The van der Waals surface area contributed by atoms with Gasteiger partial charge in [-0.1, -0.05) is 70.6 Å². The number of rotatable bonds is 3. The molecule has 0 aromatic carbocycles. The topological polar surface area (TPSA) is 12.0 Å². The van der Waals surface area contributed by atoms with Crippen LogP contribution in [0.3, 0.4) is 0 Å². The van der Waals surface area contributed by atoms with Gasteiger partial charge in [0.25, 0.3) is 0 Å². The first-order valence-electron chi connectivity index (χ1n) is 11.7. The first kappa shape index (κ1) is 17.4. The molecule has 24 heavy (non-hydrogen) atoms. The zero-order valence-corrected chi connectivity index (χ0v) is 16.0. The van der Waals surface area contributed by atoms with Gasteiger partial charge in [0.2, 0.25) is 0 Å². The molecule has 1 nitrogen and oxygen atoms in total. The van der Waals surface area contributed by atoms with E-state index in [1.54, 1.807) is 12.8 Å². The highest BCUT2D eigenvalue weighted by atomic mass is 15.0. The van der Waals surface area contributed by atoms with Gasteiger partial charge in [-0.2, -0.15) is 0 Å². The van der Waals surface area contributed by atoms with E-state index in [9.17, 15) is 0 Å². The van der Waals surface area contributed by atoms with Gasteiger partial charge < -0.3 is 5.32 Å². The molecule has 4 aliphatic rings. The van der Waals surface area contributed by atoms with Gasteiger partial charge in [0.1, 0.15) is 0 Å². The van der Waals surface area contributed by atoms with Crippen molar-refractivity contribution in [1.82, 2.24) is 5.32 Å². The van der Waals surface area contributed by atoms with Gasteiger partial charge in [-0.05, 0) is 62.2 Å². The molecule has 2 unspecified atom stereocenters. The number of nitrogens with one attached hydrogen (secondary N) is 1. The van der Waals surface area contributed by atoms with E-state index in [1.165, 1.54) is 96.3 Å². The summed E-state index contributed by atoms with van der Waals surface area (Å²) in [6, 6.07) is 1.75. The van der Waals surface area contributed by atoms with Crippen LogP contribution in [0.15, 0.2) is 0 Å². The summed E-state index contributed by atoms with van der Waals surface area (Å²) in [4.78, 5) is 0. The van der Waals surface area contributed by atoms with Crippen LogP contribution in [-0.2, 0) is 0 Å². The third-order valence-electron chi connectivity index (χ3n) is 8.30. The molecule has 2 atom stereocenters. The average molecular weight is 332 g/mol. The molecule has 0 amide bonds. The van der Waals surface area contributed by atoms with Gasteiger partial charge >= 0.3 is 0 Å². The third-order valence-corrected chi connectivity index (χ3v) is 8.30. The number of hydrogen-bond donors (Lipinski definition) is 1. The maximum absolute atomic E-state index is 4.26. The molecule has 0 aromatic rings. The fraction of sp³-hybridized carbons (Fsp3) is 1.00. The van der Waals surface area contributed by atoms with E-state index in [-0.39, 0.29) is 0 Å². The standard InChI is InChI=1S/C23H41N/c1-4-10-18(11-5-1)21-16-22(19-12-6-2-7-13-19)24-23(17-21)20-14-8-3-9-15-20/h18-24H,1-17H2. The van der Waals surface area contributed by atoms with E-state index in [1.807, 2.05) is 0 Å². The van der Waals surface area contributed by atoms with Crippen molar-refractivity contribution >= 4 is 0 Å². The first-order chi connectivity index (χ1) is 11.9. The molecule has 3 aliphatic carbocycles. The van der Waals surface area contributed by atoms with Gasteiger partial charge in [0, 0.05) is 12.1 Å². The van der Waals surface area contributed by atoms with Gasteiger partial charge in [-0.15, -0.1) is 0 Å². The molecule has 1 aliphatic heterocycles. The Balaban J connectivity index is 1.44. The fourth-order valence-electron chi connectivity index (χ4n) is 6.88. The van der Waals surface area contributed by atoms with Crippen molar-refractivity contribution in [2.24, 2.45) is 23.7 Å². The lowest BCUT2D eigenvalue weighted by molar-refractivity contribution is 0.0822. The summed E-state index contributed by atoms with van der Waals surface area (Å²) in [5.74, 6) is 4.16. The molecular formula is C23H41N. The van der Waals surface area contributed by atoms with E-state index in [2.05, 4.69) is 5.32 Å². The minimum atomic E-state index is 0.873. The van der Waals surface area contributed by atoms with Crippen molar-refractivity contribution in [3.05, 3.63) is 0 Å². The molecule has 0 bridgehead atoms. The highest BCUT2D eigenvalue weighted by Crippen LogP contribution is 2.43. The first-order valence-corrected chi connectivity index (χ1v) is 11.7. The smallest absolute Gasteiger partial charge is 0.0101 e. The predicted octanol–water partition coefficient (Wildman–Crippen LogP) is 6.46. The van der Waals surface area contributed by atoms with E-state index < -0.39 is 0 Å². The van der Waals surface area contributed by atoms with Gasteiger partial charge in [-0.25, -0.2) is 0 Å². The quantitative estimate of drug-likeness (QED) is 0.625. The predicted molar refractivity (Wildman–Crippen MR) is 103 cm³/mol. The molecule has 1 saturated heterocycles. The van der Waals surface area contributed by atoms with Crippen molar-refractivity contribution in [3.8, 4) is 0 Å². The summed E-state index contributed by atoms with van der Waals surface area (Å²) in [5.41, 5.74) is 0. The zero-order valence-electron chi connectivity index (χ0n) is 16.0. The Hall–Kier alpha value is -0.0400. The molecule has 138 valence electrons. The van der Waals surface area contributed by atoms with E-state index in [0.717, 1.165) is 35.8 Å². The molecule has 0 aromatic heterocycles. The van der Waals surface area contributed by atoms with E-state index in [0.29, 0.717) is 0 Å². The van der Waals surface area contributed by atoms with Crippen LogP contribution in [0.2, 0.25) is 0 Å². The zero-order chi connectivity index (χ0) is 16.2. The molecular weight excluding hydrogens is 290 g/mol. The second-order valence-electron chi connectivity index (χ2n) is 9.81. The summed E-state index contributed by atoms with van der Waals surface area (Å²) in [6.45, 7) is 0. The molecule has 1 heteroatoms. The lowest BCUT2D eigenvalue weighted by atomic mass is 9.67. The van der Waals surface area contributed by atoms with Crippen molar-refractivity contribution in [3.63, 3.8) is 0 Å². The van der Waals surface area contributed by atoms with E-state index in [4.69, 9.17) is 0 Å². The highest BCUT2D eigenvalue weighted by Gasteiger charge is 2.39. The van der Waals surface area contributed by atoms with Crippen LogP contribution in [0.25, 0.3) is 0 Å². The van der Waals surface area contributed by atoms with Crippen molar-refractivity contribution < 1.29 is 0 Å². The van der Waals surface area contributed by atoms with Crippen LogP contribution in [0.4, 0.5) is 0 Å². The van der Waals surface area contributed by atoms with Crippen molar-refractivity contribution in [2.45, 2.75) is 121 Å². The lowest BCUT2D eigenvalue weighted by Gasteiger charge is -2.47. The maximum Gasteiger partial charge on any atom is 0.0101 e. The summed E-state index contributed by atoms with van der Waals surface area (Å²) >= 11 is 0. The Labute approximate surface area is 150 Å². The maximum atomic E-state index is 4.26. The SMILES string of the molecule is C1CCC(C2CC(C3CCCCC3)NC(C3CCCCC3)C2)CC1. The Morgan fingerprint density at radius 1 is 0.375 bits per heavy atom. The summed E-state index contributed by atoms with van der Waals surface area (Å²) in [5, 5.41) is 4.26. The molecule has 3 saturated carbocycles. The minimum absolute atomic E-state index is 0.873. The van der Waals surface area contributed by atoms with Crippen LogP contribution in [0, 0.1) is 23.7 Å². The third kappa shape index (κ3) is 4.19. The fourth-order valence-corrected chi connectivity index (χ4v) is 6.88. The monoisotopic (exact) mass is 331 g/mol.